The minimum atomic E-state index is -5.24. The lowest BCUT2D eigenvalue weighted by Gasteiger charge is -2.49. The maximum Gasteiger partial charge on any atom is 0.432 e. The third-order valence-electron chi connectivity index (χ3n) is 23.9. The van der Waals surface area contributed by atoms with E-state index in [1.54, 1.807) is 0 Å². The number of halogens is 25. The van der Waals surface area contributed by atoms with E-state index in [9.17, 15) is 158 Å². The van der Waals surface area contributed by atoms with Crippen molar-refractivity contribution in [3.05, 3.63) is 60.8 Å². The highest BCUT2D eigenvalue weighted by Gasteiger charge is 2.77. The van der Waals surface area contributed by atoms with Gasteiger partial charge in [-0.2, -0.15) is 110 Å². The second-order valence-corrected chi connectivity index (χ2v) is 34.9. The Kier molecular flexibility index (Phi) is 36.3. The van der Waals surface area contributed by atoms with E-state index >= 15 is 0 Å². The minimum Gasteiger partial charge on any atom is -0.454 e. The number of hydrogen-bond acceptors (Lipinski definition) is 20. The molecule has 734 valence electrons. The lowest BCUT2D eigenvalue weighted by molar-refractivity contribution is -0.331. The lowest BCUT2D eigenvalue weighted by atomic mass is 9.71. The fourth-order valence-corrected chi connectivity index (χ4v) is 16.2. The average Bonchev–Trinajstić information content (AvgIpc) is 1.53. The third kappa shape index (κ3) is 26.5. The van der Waals surface area contributed by atoms with Crippen molar-refractivity contribution < 1.29 is 205 Å². The van der Waals surface area contributed by atoms with Gasteiger partial charge >= 0.3 is 120 Å². The molecule has 4 bridgehead atoms. The second kappa shape index (κ2) is 40.8. The van der Waals surface area contributed by atoms with Crippen molar-refractivity contribution in [1.29, 1.82) is 0 Å². The van der Waals surface area contributed by atoms with E-state index in [0.29, 0.717) is 105 Å². The lowest BCUT2D eigenvalue weighted by Crippen LogP contribution is -2.67. The van der Waals surface area contributed by atoms with Gasteiger partial charge in [0, 0.05) is 80.2 Å². The summed E-state index contributed by atoms with van der Waals surface area (Å²) in [4.78, 5) is 117. The Labute approximate surface area is 721 Å². The summed E-state index contributed by atoms with van der Waals surface area (Å²) in [6.45, 7) is 25.9. The van der Waals surface area contributed by atoms with Crippen LogP contribution in [-0.4, -0.2) is 177 Å². The summed E-state index contributed by atoms with van der Waals surface area (Å²) in [6, 6.07) is 0. The summed E-state index contributed by atoms with van der Waals surface area (Å²) in [7, 11) is 0. The first-order valence-corrected chi connectivity index (χ1v) is 40.1. The first-order valence-electron chi connectivity index (χ1n) is 40.1. The maximum atomic E-state index is 14.0. The Morgan fingerprint density at radius 1 is 0.305 bits per heavy atom. The summed E-state index contributed by atoms with van der Waals surface area (Å²) in [5.41, 5.74) is -24.6. The van der Waals surface area contributed by atoms with E-state index in [0.717, 1.165) is 12.8 Å². The SMILES string of the molecule is C=C(C)C(=O)OC(C1CC2CCC1C2)C(C)(OC(=O)C(C)(F)F)C(F)(F)F.C=C(C)C(=O)OC(C1CCCCC1)C(C)(OC(=O)C(C)(F)F)C(F)(F)F.C=C(C)C(=O)OC1(C(C)(OC(=O)C(C)(F)F)C(F)(F)F)CC2CCC1C2.C=C(C)C(=O)OC1(C(C)(OC(=O)C(C)(F)F)C(F)(F)F)CCCC1.C=C(C)C(=O)OC1(C(C)(OC(=O)C(C)(F)F)C(F)(F)F)CCCCC1. The molecule has 7 saturated carbocycles. The molecule has 7 rings (SSSR count). The predicted molar refractivity (Wildman–Crippen MR) is 399 cm³/mol. The molecule has 45 heteroatoms. The summed E-state index contributed by atoms with van der Waals surface area (Å²) >= 11 is 0. The molecule has 0 aromatic carbocycles. The van der Waals surface area contributed by atoms with Crippen LogP contribution in [-0.2, 0) is 95.3 Å². The number of ether oxygens (including phenoxy) is 10. The molecule has 0 saturated heterocycles. The van der Waals surface area contributed by atoms with E-state index in [2.05, 4.69) is 56.6 Å². The fraction of sp³-hybridized carbons (Fsp3) is 0.759. The summed E-state index contributed by atoms with van der Waals surface area (Å²) in [5.74, 6) is -40.1. The highest BCUT2D eigenvalue weighted by molar-refractivity contribution is 5.90. The van der Waals surface area contributed by atoms with Crippen LogP contribution in [0.15, 0.2) is 60.8 Å². The van der Waals surface area contributed by atoms with Crippen molar-refractivity contribution >= 4 is 59.7 Å². The average molecular weight is 1900 g/mol. The second-order valence-electron chi connectivity index (χ2n) is 34.9. The van der Waals surface area contributed by atoms with Gasteiger partial charge in [-0.3, -0.25) is 0 Å². The van der Waals surface area contributed by atoms with Crippen LogP contribution in [0.1, 0.15) is 245 Å². The van der Waals surface area contributed by atoms with Crippen molar-refractivity contribution in [2.24, 2.45) is 35.5 Å². The Morgan fingerprint density at radius 2 is 0.594 bits per heavy atom. The van der Waals surface area contributed by atoms with Crippen molar-refractivity contribution in [3.8, 4) is 0 Å². The van der Waals surface area contributed by atoms with Crippen LogP contribution < -0.4 is 0 Å². The van der Waals surface area contributed by atoms with Crippen LogP contribution in [0, 0.1) is 35.5 Å². The first-order chi connectivity index (χ1) is 57.3. The van der Waals surface area contributed by atoms with Crippen molar-refractivity contribution in [1.82, 2.24) is 0 Å². The molecule has 0 amide bonds. The van der Waals surface area contributed by atoms with Gasteiger partial charge in [-0.25, -0.2) is 47.9 Å². The number of esters is 10. The van der Waals surface area contributed by atoms with Crippen LogP contribution in [0.2, 0.25) is 0 Å². The molecule has 0 spiro atoms. The van der Waals surface area contributed by atoms with Crippen LogP contribution in [0.4, 0.5) is 110 Å². The fourth-order valence-electron chi connectivity index (χ4n) is 16.2. The van der Waals surface area contributed by atoms with E-state index in [4.69, 9.17) is 23.7 Å². The minimum absolute atomic E-state index is 0.132. The molecule has 13 atom stereocenters. The van der Waals surface area contributed by atoms with Crippen LogP contribution in [0.25, 0.3) is 0 Å². The molecule has 20 nitrogen and oxygen atoms in total. The van der Waals surface area contributed by atoms with Gasteiger partial charge in [0.05, 0.1) is 0 Å². The normalized spacial score (nSPS) is 24.0. The van der Waals surface area contributed by atoms with Crippen LogP contribution in [0.3, 0.4) is 0 Å². The Bertz CT molecular complexity index is 4050. The summed E-state index contributed by atoms with van der Waals surface area (Å²) < 4.78 is 386. The van der Waals surface area contributed by atoms with Crippen molar-refractivity contribution in [3.63, 3.8) is 0 Å². The van der Waals surface area contributed by atoms with E-state index in [1.165, 1.54) is 34.6 Å². The third-order valence-corrected chi connectivity index (χ3v) is 23.9. The first kappa shape index (κ1) is 114. The van der Waals surface area contributed by atoms with Gasteiger partial charge < -0.3 is 47.4 Å². The van der Waals surface area contributed by atoms with Gasteiger partial charge in [0.2, 0.25) is 28.0 Å². The molecule has 0 heterocycles. The Balaban J connectivity index is 0.000000413. The van der Waals surface area contributed by atoms with Gasteiger partial charge in [-0.15, -0.1) is 0 Å². The molecule has 0 aromatic heterocycles. The van der Waals surface area contributed by atoms with Gasteiger partial charge in [-0.05, 0) is 196 Å². The number of hydrogen-bond donors (Lipinski definition) is 0. The zero-order valence-corrected chi connectivity index (χ0v) is 72.8. The van der Waals surface area contributed by atoms with E-state index in [-0.39, 0.29) is 138 Å². The van der Waals surface area contributed by atoms with E-state index in [1.807, 2.05) is 0 Å². The molecule has 13 unspecified atom stereocenters. The van der Waals surface area contributed by atoms with E-state index < -0.39 is 195 Å². The highest BCUT2D eigenvalue weighted by atomic mass is 19.4. The summed E-state index contributed by atoms with van der Waals surface area (Å²) in [5, 5.41) is 0. The quantitative estimate of drug-likeness (QED) is 0.0320. The van der Waals surface area contributed by atoms with Gasteiger partial charge in [0.15, 0.2) is 29.0 Å². The number of alkyl halides is 25. The zero-order chi connectivity index (χ0) is 99.9. The molecule has 7 fully saturated rings. The largest absolute Gasteiger partial charge is 0.454 e. The van der Waals surface area contributed by atoms with Gasteiger partial charge in [0.25, 0.3) is 0 Å². The maximum absolute atomic E-state index is 14.0. The standard InChI is InChI=1S/C18H23F5O4.C17H21F5O4.C17H23F5O4.C16H21F5O4.C15H19F5O4/c1-9(2)14(24)26-13(12-8-10-5-6-11(12)7-10)16(3,18(21,22)23)27-15(25)17(4,19)20;1-9(2)12(23)25-16(8-10-5-6-11(16)7-10)15(4,17(20,21)22)26-13(24)14(3,18)19;1-10(2)13(23)25-12(11-8-6-5-7-9-11)15(3,17(20,21)22)26-14(24)16(4,18)19;1-10(2)11(22)24-15(8-6-5-7-9-15)14(4,16(19,20)21)25-12(23)13(3,17)18;1-9(2)10(21)23-14(7-5-6-8-14)13(4,15(18,19)20)24-11(22)12(3,16)17/h10-13H,1,5-8H2,2-4H3;10-11H,1,5-8H2,2-4H3;11-12H,1,5-9H2,2-4H3;1,5-9H2,2-4H3;1,5-8H2,2-4H3. The predicted octanol–water partition coefficient (Wildman–Crippen LogP) is 21.5. The molecular formula is C83H107F25O20. The number of fused-ring (bicyclic) bond motifs is 4. The highest BCUT2D eigenvalue weighted by Crippen LogP contribution is 2.63. The Morgan fingerprint density at radius 3 is 0.867 bits per heavy atom. The summed E-state index contributed by atoms with van der Waals surface area (Å²) in [6.07, 6.45) is -23.3. The zero-order valence-electron chi connectivity index (χ0n) is 72.8. The van der Waals surface area contributed by atoms with Gasteiger partial charge in [-0.1, -0.05) is 65.0 Å². The molecule has 0 N–H and O–H groups in total. The Hall–Kier alpha value is -8.35. The molecule has 0 aliphatic heterocycles. The van der Waals surface area contributed by atoms with Crippen LogP contribution >= 0.6 is 0 Å². The number of carbonyl (C=O) groups is 10. The molecule has 7 aliphatic rings. The topological polar surface area (TPSA) is 263 Å². The van der Waals surface area contributed by atoms with Crippen molar-refractivity contribution in [2.45, 2.75) is 363 Å². The van der Waals surface area contributed by atoms with Gasteiger partial charge in [0.1, 0.15) is 0 Å². The van der Waals surface area contributed by atoms with Crippen molar-refractivity contribution in [2.75, 3.05) is 0 Å². The molecule has 0 radical (unpaired) electrons. The van der Waals surface area contributed by atoms with Crippen LogP contribution in [0.5, 0.6) is 0 Å². The molecular weight excluding hydrogens is 1790 g/mol. The molecule has 0 aromatic rings. The number of carbonyl (C=O) groups excluding carboxylic acids is 10. The molecule has 128 heavy (non-hydrogen) atoms. The number of rotatable bonds is 27. The smallest absolute Gasteiger partial charge is 0.432 e. The molecule has 7 aliphatic carbocycles. The monoisotopic (exact) mass is 1900 g/mol.